The van der Waals surface area contributed by atoms with Crippen LogP contribution in [0.2, 0.25) is 0 Å². The van der Waals surface area contributed by atoms with E-state index in [0.717, 1.165) is 18.2 Å². The zero-order valence-corrected chi connectivity index (χ0v) is 16.9. The van der Waals surface area contributed by atoms with Gasteiger partial charge in [0.2, 0.25) is 5.95 Å². The molecule has 3 aliphatic heterocycles. The zero-order chi connectivity index (χ0) is 22.6. The van der Waals surface area contributed by atoms with Gasteiger partial charge >= 0.3 is 0 Å². The Morgan fingerprint density at radius 3 is 2.38 bits per heavy atom. The van der Waals surface area contributed by atoms with Gasteiger partial charge in [0, 0.05) is 32.0 Å². The molecular formula is C22H19F4N3O3. The number of piperidine rings is 1. The number of pyridine rings is 1. The topological polar surface area (TPSA) is 62.7 Å². The summed E-state index contributed by atoms with van der Waals surface area (Å²) in [6.07, 6.45) is 1.02. The van der Waals surface area contributed by atoms with Crippen LogP contribution in [0, 0.1) is 23.4 Å². The minimum atomic E-state index is -1.35. The molecule has 3 aliphatic rings. The maximum Gasteiger partial charge on any atom is 0.272 e. The van der Waals surface area contributed by atoms with Gasteiger partial charge in [0.25, 0.3) is 11.8 Å². The van der Waals surface area contributed by atoms with Crippen molar-refractivity contribution in [3.8, 4) is 0 Å². The molecule has 0 N–H and O–H groups in total. The standard InChI is InChI=1S/C22H19F4N3O3/c23-13-9-12(10-14(24)11-13)17-3-4-18-29(17)21(31)22(32-18)5-7-28(8-6-22)20(30)16-2-1-15(25)19(26)27-16/h1-2,9-11,17-18H,3-8H2/t17-,18+/m0/s1. The first-order valence-electron chi connectivity index (χ1n) is 10.4. The second-order valence-electron chi connectivity index (χ2n) is 8.34. The van der Waals surface area contributed by atoms with E-state index in [0.29, 0.717) is 18.4 Å². The summed E-state index contributed by atoms with van der Waals surface area (Å²) in [7, 11) is 0. The Bertz CT molecular complexity index is 1080. The van der Waals surface area contributed by atoms with Gasteiger partial charge in [-0.05, 0) is 42.7 Å². The molecule has 5 rings (SSSR count). The van der Waals surface area contributed by atoms with Crippen LogP contribution < -0.4 is 0 Å². The third-order valence-electron chi connectivity index (χ3n) is 6.47. The molecular weight excluding hydrogens is 430 g/mol. The van der Waals surface area contributed by atoms with E-state index < -0.39 is 47.2 Å². The van der Waals surface area contributed by atoms with Gasteiger partial charge in [0.1, 0.15) is 23.6 Å². The number of likely N-dealkylation sites (tertiary alicyclic amines) is 1. The summed E-state index contributed by atoms with van der Waals surface area (Å²) in [6, 6.07) is 4.71. The molecule has 4 heterocycles. The summed E-state index contributed by atoms with van der Waals surface area (Å²) in [5.41, 5.74) is -0.948. The van der Waals surface area contributed by atoms with Gasteiger partial charge in [-0.3, -0.25) is 9.59 Å². The molecule has 0 bridgehead atoms. The van der Waals surface area contributed by atoms with Crippen molar-refractivity contribution in [2.45, 2.75) is 43.6 Å². The van der Waals surface area contributed by atoms with Crippen LogP contribution in [0.25, 0.3) is 0 Å². The molecule has 3 saturated heterocycles. The summed E-state index contributed by atoms with van der Waals surface area (Å²) in [4.78, 5) is 32.3. The highest BCUT2D eigenvalue weighted by atomic mass is 19.2. The maximum absolute atomic E-state index is 13.7. The van der Waals surface area contributed by atoms with Gasteiger partial charge in [-0.2, -0.15) is 4.39 Å². The monoisotopic (exact) mass is 449 g/mol. The number of ether oxygens (including phenoxy) is 1. The molecule has 2 atom stereocenters. The van der Waals surface area contributed by atoms with Gasteiger partial charge in [-0.15, -0.1) is 0 Å². The number of hydrogen-bond acceptors (Lipinski definition) is 4. The highest BCUT2D eigenvalue weighted by molar-refractivity contribution is 5.93. The molecule has 3 fully saturated rings. The Morgan fingerprint density at radius 2 is 1.72 bits per heavy atom. The van der Waals surface area contributed by atoms with Gasteiger partial charge in [-0.25, -0.2) is 18.2 Å². The number of nitrogens with zero attached hydrogens (tertiary/aromatic N) is 3. The Morgan fingerprint density at radius 1 is 1.03 bits per heavy atom. The lowest BCUT2D eigenvalue weighted by Crippen LogP contribution is -2.51. The van der Waals surface area contributed by atoms with Crippen molar-refractivity contribution in [3.63, 3.8) is 0 Å². The van der Waals surface area contributed by atoms with E-state index in [9.17, 15) is 27.2 Å². The lowest BCUT2D eigenvalue weighted by molar-refractivity contribution is -0.142. The molecule has 32 heavy (non-hydrogen) atoms. The highest BCUT2D eigenvalue weighted by Gasteiger charge is 2.58. The molecule has 1 aromatic heterocycles. The largest absolute Gasteiger partial charge is 0.342 e. The fourth-order valence-electron chi connectivity index (χ4n) is 4.91. The molecule has 10 heteroatoms. The van der Waals surface area contributed by atoms with Crippen molar-refractivity contribution in [1.82, 2.24) is 14.8 Å². The number of fused-ring (bicyclic) bond motifs is 1. The van der Waals surface area contributed by atoms with E-state index in [2.05, 4.69) is 4.98 Å². The van der Waals surface area contributed by atoms with Crippen molar-refractivity contribution in [3.05, 3.63) is 65.0 Å². The van der Waals surface area contributed by atoms with Crippen LogP contribution in [0.3, 0.4) is 0 Å². The highest BCUT2D eigenvalue weighted by Crippen LogP contribution is 2.47. The first-order chi connectivity index (χ1) is 15.3. The number of aromatic nitrogens is 1. The van der Waals surface area contributed by atoms with E-state index in [4.69, 9.17) is 4.74 Å². The first-order valence-corrected chi connectivity index (χ1v) is 10.4. The summed E-state index contributed by atoms with van der Waals surface area (Å²) >= 11 is 0. The third kappa shape index (κ3) is 3.33. The summed E-state index contributed by atoms with van der Waals surface area (Å²) in [5, 5.41) is 0. The molecule has 0 radical (unpaired) electrons. The minimum Gasteiger partial charge on any atom is -0.342 e. The molecule has 2 aromatic rings. The summed E-state index contributed by atoms with van der Waals surface area (Å²) < 4.78 is 60.0. The van der Waals surface area contributed by atoms with Crippen molar-refractivity contribution in [2.75, 3.05) is 13.1 Å². The lowest BCUT2D eigenvalue weighted by Gasteiger charge is -2.37. The van der Waals surface area contributed by atoms with Crippen LogP contribution in [-0.2, 0) is 9.53 Å². The van der Waals surface area contributed by atoms with Gasteiger partial charge in [0.15, 0.2) is 11.4 Å². The van der Waals surface area contributed by atoms with Crippen molar-refractivity contribution < 1.29 is 31.9 Å². The number of rotatable bonds is 2. The van der Waals surface area contributed by atoms with Gasteiger partial charge in [0.05, 0.1) is 6.04 Å². The van der Waals surface area contributed by atoms with Crippen LogP contribution in [0.15, 0.2) is 30.3 Å². The van der Waals surface area contributed by atoms with Crippen LogP contribution in [0.5, 0.6) is 0 Å². The van der Waals surface area contributed by atoms with Crippen LogP contribution >= 0.6 is 0 Å². The van der Waals surface area contributed by atoms with E-state index in [1.807, 2.05) is 0 Å². The number of halogens is 4. The third-order valence-corrected chi connectivity index (χ3v) is 6.47. The molecule has 1 aromatic carbocycles. The average Bonchev–Trinajstić information content (AvgIpc) is 3.28. The Hall–Kier alpha value is -3.01. The number of carbonyl (C=O) groups is 2. The molecule has 168 valence electrons. The molecule has 1 spiro atoms. The average molecular weight is 449 g/mol. The SMILES string of the molecule is O=C(c1ccc(F)c(F)n1)N1CCC2(CC1)O[C@@H]1CC[C@@H](c3cc(F)cc(F)c3)N1C2=O. The van der Waals surface area contributed by atoms with E-state index >= 15 is 0 Å². The van der Waals surface area contributed by atoms with E-state index in [-0.39, 0.29) is 37.5 Å². The predicted octanol–water partition coefficient (Wildman–Crippen LogP) is 3.33. The molecule has 0 unspecified atom stereocenters. The second-order valence-corrected chi connectivity index (χ2v) is 8.34. The van der Waals surface area contributed by atoms with Crippen molar-refractivity contribution in [1.29, 1.82) is 0 Å². The maximum atomic E-state index is 13.7. The number of hydrogen-bond donors (Lipinski definition) is 0. The zero-order valence-electron chi connectivity index (χ0n) is 16.9. The van der Waals surface area contributed by atoms with E-state index in [1.165, 1.54) is 17.0 Å². The lowest BCUT2D eigenvalue weighted by atomic mass is 9.89. The van der Waals surface area contributed by atoms with E-state index in [1.54, 1.807) is 4.90 Å². The van der Waals surface area contributed by atoms with Crippen molar-refractivity contribution in [2.24, 2.45) is 0 Å². The van der Waals surface area contributed by atoms with Crippen molar-refractivity contribution >= 4 is 11.8 Å². The van der Waals surface area contributed by atoms with Gasteiger partial charge in [-0.1, -0.05) is 0 Å². The Labute approximate surface area is 180 Å². The van der Waals surface area contributed by atoms with Crippen LogP contribution in [0.1, 0.15) is 47.8 Å². The first kappa shape index (κ1) is 20.9. The van der Waals surface area contributed by atoms with Crippen LogP contribution in [-0.4, -0.2) is 51.5 Å². The number of amides is 2. The smallest absolute Gasteiger partial charge is 0.272 e. The Kier molecular flexibility index (Phi) is 4.92. The van der Waals surface area contributed by atoms with Crippen LogP contribution in [0.4, 0.5) is 17.6 Å². The fourth-order valence-corrected chi connectivity index (χ4v) is 4.91. The summed E-state index contributed by atoms with van der Waals surface area (Å²) in [6.45, 7) is 0.343. The summed E-state index contributed by atoms with van der Waals surface area (Å²) in [5.74, 6) is -4.71. The quantitative estimate of drug-likeness (QED) is 0.521. The Balaban J connectivity index is 1.31. The molecule has 0 saturated carbocycles. The number of benzene rings is 1. The fraction of sp³-hybridized carbons (Fsp3) is 0.409. The molecule has 0 aliphatic carbocycles. The normalized spacial score (nSPS) is 24.3. The minimum absolute atomic E-state index is 0.172. The number of carbonyl (C=O) groups excluding carboxylic acids is 2. The van der Waals surface area contributed by atoms with Gasteiger partial charge < -0.3 is 14.5 Å². The second kappa shape index (κ2) is 7.54. The molecule has 2 amide bonds. The predicted molar refractivity (Wildman–Crippen MR) is 102 cm³/mol. The molecule has 6 nitrogen and oxygen atoms in total.